The molecule has 0 bridgehead atoms. The van der Waals surface area contributed by atoms with E-state index in [1.807, 2.05) is 12.1 Å². The van der Waals surface area contributed by atoms with E-state index >= 15 is 0 Å². The van der Waals surface area contributed by atoms with E-state index in [0.29, 0.717) is 30.6 Å². The Morgan fingerprint density at radius 2 is 1.40 bits per heavy atom. The van der Waals surface area contributed by atoms with E-state index in [1.165, 1.54) is 41.5 Å². The van der Waals surface area contributed by atoms with Crippen molar-refractivity contribution in [3.8, 4) is 11.5 Å². The molecule has 3 atom stereocenters. The minimum atomic E-state index is -0.397. The van der Waals surface area contributed by atoms with Crippen molar-refractivity contribution in [3.05, 3.63) is 129 Å². The fourth-order valence-electron chi connectivity index (χ4n) is 9.97. The number of phenols is 2. The van der Waals surface area contributed by atoms with Gasteiger partial charge in [0, 0.05) is 11.0 Å². The Bertz CT molecular complexity index is 1860. The van der Waals surface area contributed by atoms with Crippen molar-refractivity contribution in [1.82, 2.24) is 0 Å². The average Bonchev–Trinajstić information content (AvgIpc) is 3.18. The molecule has 0 spiro atoms. The molecule has 0 aromatic heterocycles. The van der Waals surface area contributed by atoms with E-state index < -0.39 is 6.10 Å². The first-order chi connectivity index (χ1) is 25.2. The second kappa shape index (κ2) is 15.4. The van der Waals surface area contributed by atoms with Crippen molar-refractivity contribution >= 4 is 12.6 Å². The van der Waals surface area contributed by atoms with Gasteiger partial charge in [-0.3, -0.25) is 9.59 Å². The van der Waals surface area contributed by atoms with E-state index in [4.69, 9.17) is 0 Å². The molecule has 3 aliphatic carbocycles. The van der Waals surface area contributed by atoms with Gasteiger partial charge in [0.2, 0.25) is 0 Å². The van der Waals surface area contributed by atoms with Crippen LogP contribution in [0.1, 0.15) is 137 Å². The normalized spacial score (nSPS) is 26.0. The number of phenolic OH excluding ortho intramolecular Hbond substituents is 2. The third-order valence-corrected chi connectivity index (χ3v) is 13.0. The summed E-state index contributed by atoms with van der Waals surface area (Å²) in [4.78, 5) is 23.4. The summed E-state index contributed by atoms with van der Waals surface area (Å²) in [6.45, 7) is 0. The first-order valence-corrected chi connectivity index (χ1v) is 19.3. The molecule has 272 valence electrons. The molecule has 4 N–H and O–H groups in total. The molecule has 0 radical (unpaired) electrons. The number of aliphatic hydroxyl groups is 2. The predicted molar refractivity (Wildman–Crippen MR) is 203 cm³/mol. The molecule has 52 heavy (non-hydrogen) atoms. The Labute approximate surface area is 307 Å². The summed E-state index contributed by atoms with van der Waals surface area (Å²) in [6, 6.07) is 28.8. The minimum Gasteiger partial charge on any atom is -0.508 e. The van der Waals surface area contributed by atoms with Crippen LogP contribution in [0, 0.1) is 5.92 Å². The number of hydrogen-bond donors (Lipinski definition) is 4. The minimum absolute atomic E-state index is 0.0143. The summed E-state index contributed by atoms with van der Waals surface area (Å²) in [5, 5.41) is 41.5. The van der Waals surface area contributed by atoms with Gasteiger partial charge in [-0.2, -0.15) is 0 Å². The zero-order valence-electron chi connectivity index (χ0n) is 30.1. The van der Waals surface area contributed by atoms with Gasteiger partial charge >= 0.3 is 0 Å². The van der Waals surface area contributed by atoms with Crippen LogP contribution in [0.2, 0.25) is 0 Å². The molecule has 6 nitrogen and oxygen atoms in total. The third kappa shape index (κ3) is 7.33. The average molecular weight is 701 g/mol. The fourth-order valence-corrected chi connectivity index (χ4v) is 9.97. The number of aldehydes is 2. The van der Waals surface area contributed by atoms with Crippen molar-refractivity contribution in [2.45, 2.75) is 119 Å². The number of carbonyl (C=O) groups excluding carboxylic acids is 2. The van der Waals surface area contributed by atoms with Gasteiger partial charge in [0.1, 0.15) is 17.8 Å². The summed E-state index contributed by atoms with van der Waals surface area (Å²) in [6.07, 6.45) is 13.6. The molecule has 3 saturated carbocycles. The first-order valence-electron chi connectivity index (χ1n) is 19.3. The van der Waals surface area contributed by atoms with E-state index in [9.17, 15) is 30.0 Å². The number of aromatic hydroxyl groups is 2. The van der Waals surface area contributed by atoms with Crippen LogP contribution < -0.4 is 0 Å². The Kier molecular flexibility index (Phi) is 10.7. The molecule has 0 heterocycles. The molecule has 3 fully saturated rings. The van der Waals surface area contributed by atoms with Gasteiger partial charge in [0.15, 0.2) is 6.29 Å². The van der Waals surface area contributed by atoms with Crippen LogP contribution in [-0.2, 0) is 23.7 Å². The highest BCUT2D eigenvalue weighted by Gasteiger charge is 2.40. The molecule has 0 aliphatic heterocycles. The van der Waals surface area contributed by atoms with Crippen LogP contribution >= 0.6 is 0 Å². The Morgan fingerprint density at radius 1 is 0.673 bits per heavy atom. The summed E-state index contributed by atoms with van der Waals surface area (Å²) in [7, 11) is 0. The molecule has 7 rings (SSSR count). The third-order valence-electron chi connectivity index (χ3n) is 13.0. The largest absolute Gasteiger partial charge is 0.508 e. The van der Waals surface area contributed by atoms with Crippen molar-refractivity contribution < 1.29 is 30.0 Å². The van der Waals surface area contributed by atoms with Gasteiger partial charge in [0.05, 0.1) is 17.8 Å². The molecule has 0 amide bonds. The molecule has 4 aromatic carbocycles. The van der Waals surface area contributed by atoms with Crippen molar-refractivity contribution in [2.24, 2.45) is 5.92 Å². The second-order valence-corrected chi connectivity index (χ2v) is 16.1. The number of aliphatic hydroxyl groups excluding tert-OH is 2. The smallest absolute Gasteiger partial charge is 0.153 e. The van der Waals surface area contributed by atoms with Crippen LogP contribution in [0.3, 0.4) is 0 Å². The van der Waals surface area contributed by atoms with E-state index in [-0.39, 0.29) is 39.9 Å². The quantitative estimate of drug-likeness (QED) is 0.123. The standard InChI is InChI=1S/C46H52O6/c47-29-36-27-42(50)14-8-34(36)28-45(21-17-41(49)18-22-45)38-10-12-39(13-11-38)46(19-2-1-3-20-46)40-6-4-5-32(26-40)33-9-16-43(51)35(25-33)23-31-7-15-44(52)37(24-31)30-48/h4-8,10-15,24,26-27,29-30,33,35,41,43,49-52H,1-3,9,16-23,25,28H2. The predicted octanol–water partition coefficient (Wildman–Crippen LogP) is 8.88. The SMILES string of the molecule is O=Cc1cc(CC2CC(c3cccc(C4(c5ccc(C6(Cc7ccc(O)cc7C=O)CCC(O)CC6)cc5)CCCCC4)c3)CCC2O)ccc1O. The maximum atomic E-state index is 12.0. The molecular formula is C46H52O6. The van der Waals surface area contributed by atoms with Gasteiger partial charge in [-0.1, -0.05) is 79.9 Å². The van der Waals surface area contributed by atoms with E-state index in [2.05, 4.69) is 48.5 Å². The van der Waals surface area contributed by atoms with Crippen LogP contribution in [0.4, 0.5) is 0 Å². The summed E-state index contributed by atoms with van der Waals surface area (Å²) < 4.78 is 0. The highest BCUT2D eigenvalue weighted by molar-refractivity contribution is 5.79. The van der Waals surface area contributed by atoms with Crippen molar-refractivity contribution in [3.63, 3.8) is 0 Å². The van der Waals surface area contributed by atoms with E-state index in [0.717, 1.165) is 75.2 Å². The highest BCUT2D eigenvalue weighted by Crippen LogP contribution is 2.48. The van der Waals surface area contributed by atoms with Gasteiger partial charge < -0.3 is 20.4 Å². The first kappa shape index (κ1) is 36.1. The molecule has 3 aliphatic rings. The van der Waals surface area contributed by atoms with Gasteiger partial charge in [-0.25, -0.2) is 0 Å². The molecule has 0 saturated heterocycles. The Balaban J connectivity index is 1.17. The number of carbonyl (C=O) groups is 2. The monoisotopic (exact) mass is 700 g/mol. The maximum absolute atomic E-state index is 12.0. The Hall–Kier alpha value is -4.26. The lowest BCUT2D eigenvalue weighted by Gasteiger charge is -2.42. The zero-order valence-corrected chi connectivity index (χ0v) is 30.1. The summed E-state index contributed by atoms with van der Waals surface area (Å²) in [5.41, 5.74) is 7.68. The van der Waals surface area contributed by atoms with Crippen LogP contribution in [-0.4, -0.2) is 45.2 Å². The lowest BCUT2D eigenvalue weighted by Crippen LogP contribution is -2.36. The van der Waals surface area contributed by atoms with Gasteiger partial charge in [-0.15, -0.1) is 0 Å². The zero-order chi connectivity index (χ0) is 36.3. The highest BCUT2D eigenvalue weighted by atomic mass is 16.3. The Morgan fingerprint density at radius 3 is 2.13 bits per heavy atom. The summed E-state index contributed by atoms with van der Waals surface area (Å²) in [5.74, 6) is 0.477. The molecule has 6 heteroatoms. The summed E-state index contributed by atoms with van der Waals surface area (Å²) >= 11 is 0. The molecule has 4 aromatic rings. The number of rotatable bonds is 10. The number of benzene rings is 4. The lowest BCUT2D eigenvalue weighted by atomic mass is 9.62. The van der Waals surface area contributed by atoms with Crippen molar-refractivity contribution in [2.75, 3.05) is 0 Å². The van der Waals surface area contributed by atoms with E-state index in [1.54, 1.807) is 24.3 Å². The molecular weight excluding hydrogens is 649 g/mol. The number of hydrogen-bond acceptors (Lipinski definition) is 6. The van der Waals surface area contributed by atoms with Crippen molar-refractivity contribution in [1.29, 1.82) is 0 Å². The topological polar surface area (TPSA) is 115 Å². The van der Waals surface area contributed by atoms with Gasteiger partial charge in [0.25, 0.3) is 0 Å². The lowest BCUT2D eigenvalue weighted by molar-refractivity contribution is 0.0619. The fraction of sp³-hybridized carbons (Fsp3) is 0.435. The molecule has 3 unspecified atom stereocenters. The second-order valence-electron chi connectivity index (χ2n) is 16.1. The van der Waals surface area contributed by atoms with Crippen LogP contribution in [0.15, 0.2) is 84.9 Å². The maximum Gasteiger partial charge on any atom is 0.153 e. The van der Waals surface area contributed by atoms with Crippen LogP contribution in [0.25, 0.3) is 0 Å². The van der Waals surface area contributed by atoms with Gasteiger partial charge in [-0.05, 0) is 146 Å². The van der Waals surface area contributed by atoms with Crippen LogP contribution in [0.5, 0.6) is 11.5 Å².